The zero-order valence-corrected chi connectivity index (χ0v) is 9.58. The number of amides is 1. The van der Waals surface area contributed by atoms with Crippen molar-refractivity contribution in [2.75, 3.05) is 5.73 Å². The lowest BCUT2D eigenvalue weighted by Gasteiger charge is -2.18. The van der Waals surface area contributed by atoms with Gasteiger partial charge in [-0.15, -0.1) is 5.11 Å². The fraction of sp³-hybridized carbons (Fsp3) is 0.0714. The number of nitrogens with zero attached hydrogens (tertiary/aromatic N) is 2. The Kier molecular flexibility index (Phi) is 2.41. The van der Waals surface area contributed by atoms with Gasteiger partial charge in [-0.2, -0.15) is 5.11 Å². The van der Waals surface area contributed by atoms with E-state index < -0.39 is 0 Å². The third-order valence-electron chi connectivity index (χ3n) is 2.98. The Morgan fingerprint density at radius 1 is 1.06 bits per heavy atom. The van der Waals surface area contributed by atoms with Gasteiger partial charge in [0, 0.05) is 11.3 Å². The van der Waals surface area contributed by atoms with Gasteiger partial charge in [0.2, 0.25) is 0 Å². The first-order chi connectivity index (χ1) is 8.75. The Morgan fingerprint density at radius 2 is 1.89 bits per heavy atom. The quantitative estimate of drug-likeness (QED) is 0.775. The number of anilines is 1. The van der Waals surface area contributed by atoms with Crippen molar-refractivity contribution >= 4 is 11.6 Å². The monoisotopic (exact) mass is 237 g/mol. The minimum Gasteiger partial charge on any atom is -0.399 e. The highest BCUT2D eigenvalue weighted by Gasteiger charge is 2.24. The van der Waals surface area contributed by atoms with Crippen molar-refractivity contribution < 1.29 is 4.79 Å². The molecule has 2 aromatic rings. The molecule has 18 heavy (non-hydrogen) atoms. The Hall–Kier alpha value is -2.49. The SMILES string of the molecule is Nc1cccc(C2N=NC(=O)c3ccccc32)c1. The number of hydrogen-bond donors (Lipinski definition) is 1. The smallest absolute Gasteiger partial charge is 0.295 e. The van der Waals surface area contributed by atoms with Gasteiger partial charge < -0.3 is 5.73 Å². The number of carbonyl (C=O) groups is 1. The van der Waals surface area contributed by atoms with E-state index in [-0.39, 0.29) is 11.9 Å². The number of carbonyl (C=O) groups excluding carboxylic acids is 1. The van der Waals surface area contributed by atoms with Crippen molar-refractivity contribution in [2.45, 2.75) is 6.04 Å². The molecule has 0 spiro atoms. The van der Waals surface area contributed by atoms with Crippen LogP contribution in [0.5, 0.6) is 0 Å². The molecule has 88 valence electrons. The van der Waals surface area contributed by atoms with Gasteiger partial charge in [-0.05, 0) is 29.3 Å². The summed E-state index contributed by atoms with van der Waals surface area (Å²) in [6, 6.07) is 14.6. The van der Waals surface area contributed by atoms with Crippen LogP contribution in [-0.2, 0) is 0 Å². The molecule has 0 fully saturated rings. The zero-order valence-electron chi connectivity index (χ0n) is 9.58. The first kappa shape index (κ1) is 10.7. The maximum atomic E-state index is 11.6. The number of nitrogens with two attached hydrogens (primary N) is 1. The van der Waals surface area contributed by atoms with Gasteiger partial charge in [-0.3, -0.25) is 4.79 Å². The third-order valence-corrected chi connectivity index (χ3v) is 2.98. The summed E-state index contributed by atoms with van der Waals surface area (Å²) in [4.78, 5) is 11.6. The van der Waals surface area contributed by atoms with Gasteiger partial charge in [0.15, 0.2) is 0 Å². The molecule has 0 aliphatic carbocycles. The highest BCUT2D eigenvalue weighted by molar-refractivity contribution is 5.97. The second kappa shape index (κ2) is 4.07. The first-order valence-corrected chi connectivity index (χ1v) is 5.65. The average molecular weight is 237 g/mol. The molecule has 2 N–H and O–H groups in total. The summed E-state index contributed by atoms with van der Waals surface area (Å²) in [5.74, 6) is -0.286. The molecule has 0 saturated heterocycles. The zero-order chi connectivity index (χ0) is 12.5. The van der Waals surface area contributed by atoms with Crippen LogP contribution >= 0.6 is 0 Å². The summed E-state index contributed by atoms with van der Waals surface area (Å²) in [6.45, 7) is 0. The molecule has 0 bridgehead atoms. The van der Waals surface area contributed by atoms with Crippen LogP contribution in [0.3, 0.4) is 0 Å². The molecular formula is C14H11N3O. The van der Waals surface area contributed by atoms with Crippen molar-refractivity contribution in [1.82, 2.24) is 0 Å². The molecule has 1 aliphatic heterocycles. The highest BCUT2D eigenvalue weighted by Crippen LogP contribution is 2.33. The molecular weight excluding hydrogens is 226 g/mol. The van der Waals surface area contributed by atoms with Crippen LogP contribution in [0.15, 0.2) is 58.8 Å². The van der Waals surface area contributed by atoms with Crippen LogP contribution in [0.2, 0.25) is 0 Å². The molecule has 2 aromatic carbocycles. The Bertz CT molecular complexity index is 649. The summed E-state index contributed by atoms with van der Waals surface area (Å²) in [5.41, 5.74) is 8.88. The number of benzene rings is 2. The Morgan fingerprint density at radius 3 is 2.72 bits per heavy atom. The van der Waals surface area contributed by atoms with Crippen molar-refractivity contribution in [3.63, 3.8) is 0 Å². The van der Waals surface area contributed by atoms with E-state index in [1.54, 1.807) is 6.07 Å². The van der Waals surface area contributed by atoms with Crippen LogP contribution in [-0.4, -0.2) is 5.91 Å². The normalized spacial score (nSPS) is 17.6. The van der Waals surface area contributed by atoms with Gasteiger partial charge in [0.25, 0.3) is 5.91 Å². The highest BCUT2D eigenvalue weighted by atomic mass is 16.1. The fourth-order valence-corrected chi connectivity index (χ4v) is 2.13. The lowest BCUT2D eigenvalue weighted by Crippen LogP contribution is -2.11. The minimum absolute atomic E-state index is 0.248. The molecule has 1 amide bonds. The number of hydrogen-bond acceptors (Lipinski definition) is 3. The molecule has 1 unspecified atom stereocenters. The lowest BCUT2D eigenvalue weighted by atomic mass is 9.93. The number of fused-ring (bicyclic) bond motifs is 1. The van der Waals surface area contributed by atoms with Gasteiger partial charge >= 0.3 is 0 Å². The average Bonchev–Trinajstić information content (AvgIpc) is 2.39. The second-order valence-corrected chi connectivity index (χ2v) is 4.18. The predicted octanol–water partition coefficient (Wildman–Crippen LogP) is 2.96. The summed E-state index contributed by atoms with van der Waals surface area (Å²) in [5, 5.41) is 7.79. The van der Waals surface area contributed by atoms with Gasteiger partial charge in [0.1, 0.15) is 6.04 Å². The molecule has 1 heterocycles. The van der Waals surface area contributed by atoms with E-state index in [1.807, 2.05) is 42.5 Å². The van der Waals surface area contributed by atoms with Crippen LogP contribution in [0.4, 0.5) is 5.69 Å². The number of rotatable bonds is 1. The largest absolute Gasteiger partial charge is 0.399 e. The van der Waals surface area contributed by atoms with Crippen molar-refractivity contribution in [3.8, 4) is 0 Å². The van der Waals surface area contributed by atoms with Gasteiger partial charge in [-0.1, -0.05) is 30.3 Å². The fourth-order valence-electron chi connectivity index (χ4n) is 2.13. The van der Waals surface area contributed by atoms with Crippen LogP contribution in [0.25, 0.3) is 0 Å². The number of azo groups is 1. The molecule has 1 atom stereocenters. The third kappa shape index (κ3) is 1.68. The van der Waals surface area contributed by atoms with Crippen molar-refractivity contribution in [1.29, 1.82) is 0 Å². The molecule has 4 nitrogen and oxygen atoms in total. The predicted molar refractivity (Wildman–Crippen MR) is 68.3 cm³/mol. The van der Waals surface area contributed by atoms with Crippen LogP contribution < -0.4 is 5.73 Å². The summed E-state index contributed by atoms with van der Waals surface area (Å²) >= 11 is 0. The second-order valence-electron chi connectivity index (χ2n) is 4.18. The van der Waals surface area contributed by atoms with E-state index in [2.05, 4.69) is 10.2 Å². The molecule has 1 aliphatic rings. The summed E-state index contributed by atoms with van der Waals surface area (Å²) in [7, 11) is 0. The van der Waals surface area contributed by atoms with E-state index in [0.29, 0.717) is 11.3 Å². The Balaban J connectivity index is 2.14. The maximum Gasteiger partial charge on any atom is 0.295 e. The maximum absolute atomic E-state index is 11.6. The van der Waals surface area contributed by atoms with E-state index in [1.165, 1.54) is 0 Å². The molecule has 0 radical (unpaired) electrons. The van der Waals surface area contributed by atoms with E-state index in [4.69, 9.17) is 5.73 Å². The number of nitrogen functional groups attached to an aromatic ring is 1. The molecule has 0 saturated carbocycles. The standard InChI is InChI=1S/C14H11N3O/c15-10-5-3-4-9(8-10)13-11-6-1-2-7-12(11)14(18)17-16-13/h1-8,13H,15H2. The minimum atomic E-state index is -0.286. The molecule has 0 aromatic heterocycles. The van der Waals surface area contributed by atoms with Crippen molar-refractivity contribution in [2.24, 2.45) is 10.2 Å². The Labute approximate surface area is 104 Å². The lowest BCUT2D eigenvalue weighted by molar-refractivity contribution is 0.0986. The van der Waals surface area contributed by atoms with Crippen LogP contribution in [0.1, 0.15) is 27.5 Å². The van der Waals surface area contributed by atoms with Crippen molar-refractivity contribution in [3.05, 3.63) is 65.2 Å². The van der Waals surface area contributed by atoms with E-state index in [9.17, 15) is 4.79 Å². The van der Waals surface area contributed by atoms with Crippen LogP contribution in [0, 0.1) is 0 Å². The van der Waals surface area contributed by atoms with Gasteiger partial charge in [-0.25, -0.2) is 0 Å². The van der Waals surface area contributed by atoms with E-state index >= 15 is 0 Å². The first-order valence-electron chi connectivity index (χ1n) is 5.65. The summed E-state index contributed by atoms with van der Waals surface area (Å²) in [6.07, 6.45) is 0. The topological polar surface area (TPSA) is 67.8 Å². The molecule has 4 heteroatoms. The molecule has 3 rings (SSSR count). The van der Waals surface area contributed by atoms with E-state index in [0.717, 1.165) is 11.1 Å². The summed E-state index contributed by atoms with van der Waals surface area (Å²) < 4.78 is 0. The van der Waals surface area contributed by atoms with Gasteiger partial charge in [0.05, 0.1) is 0 Å².